The van der Waals surface area contributed by atoms with Gasteiger partial charge in [0, 0.05) is 37.6 Å². The monoisotopic (exact) mass is 354 g/mol. The number of nitrogens with zero attached hydrogens (tertiary/aromatic N) is 4. The third kappa shape index (κ3) is 3.53. The zero-order valence-corrected chi connectivity index (χ0v) is 14.9. The number of aliphatic imine (C=N–C) groups is 1. The number of hydrogen-bond acceptors (Lipinski definition) is 6. The molecule has 0 amide bonds. The van der Waals surface area contributed by atoms with E-state index < -0.39 is 5.82 Å². The fourth-order valence-corrected chi connectivity index (χ4v) is 3.39. The summed E-state index contributed by atoms with van der Waals surface area (Å²) in [6, 6.07) is 6.42. The molecule has 2 aromatic rings. The Hall–Kier alpha value is -2.54. The van der Waals surface area contributed by atoms with Gasteiger partial charge in [0.25, 0.3) is 0 Å². The zero-order valence-electron chi connectivity index (χ0n) is 14.9. The second kappa shape index (κ2) is 7.37. The Bertz CT molecular complexity index is 822. The Morgan fingerprint density at radius 3 is 3.15 bits per heavy atom. The molecule has 1 aromatic carbocycles. The van der Waals surface area contributed by atoms with Gasteiger partial charge in [0.15, 0.2) is 11.6 Å². The third-order valence-electron chi connectivity index (χ3n) is 4.97. The molecule has 0 saturated carbocycles. The smallest absolute Gasteiger partial charge is 0.227 e. The van der Waals surface area contributed by atoms with Crippen molar-refractivity contribution in [3.63, 3.8) is 0 Å². The predicted molar refractivity (Wildman–Crippen MR) is 102 cm³/mol. The minimum atomic E-state index is -0.456. The molecule has 0 aliphatic carbocycles. The highest BCUT2D eigenvalue weighted by Crippen LogP contribution is 2.24. The van der Waals surface area contributed by atoms with Crippen LogP contribution in [0, 0.1) is 5.82 Å². The Labute approximate surface area is 152 Å². The van der Waals surface area contributed by atoms with Gasteiger partial charge in [0.05, 0.1) is 12.7 Å². The minimum Gasteiger partial charge on any atom is -0.339 e. The van der Waals surface area contributed by atoms with Crippen LogP contribution in [0.2, 0.25) is 0 Å². The number of hydrogen-bond donors (Lipinski definition) is 2. The standard InChI is InChI=1S/C19H23FN6/c1-2-15-5-7-26(8-6-22-15)19-23-12-17(20)18(25-19)24-16-4-3-13-10-21-11-14(13)9-16/h3-4,9,11-12,15,22H,2,5-8,10H2,1H3,(H,23,24,25). The van der Waals surface area contributed by atoms with Gasteiger partial charge in [0.1, 0.15) is 0 Å². The predicted octanol–water partition coefficient (Wildman–Crippen LogP) is 2.87. The van der Waals surface area contributed by atoms with Gasteiger partial charge in [0.2, 0.25) is 5.95 Å². The van der Waals surface area contributed by atoms with Crippen molar-refractivity contribution in [2.45, 2.75) is 32.4 Å². The quantitative estimate of drug-likeness (QED) is 0.884. The van der Waals surface area contributed by atoms with Crippen molar-refractivity contribution in [2.24, 2.45) is 4.99 Å². The summed E-state index contributed by atoms with van der Waals surface area (Å²) in [5.74, 6) is 0.312. The first kappa shape index (κ1) is 16.9. The number of fused-ring (bicyclic) bond motifs is 1. The van der Waals surface area contributed by atoms with Crippen LogP contribution in [0.3, 0.4) is 0 Å². The number of aromatic nitrogens is 2. The Morgan fingerprint density at radius 1 is 1.35 bits per heavy atom. The van der Waals surface area contributed by atoms with Gasteiger partial charge < -0.3 is 15.5 Å². The van der Waals surface area contributed by atoms with Gasteiger partial charge in [-0.25, -0.2) is 9.37 Å². The molecule has 4 rings (SSSR count). The van der Waals surface area contributed by atoms with Crippen molar-refractivity contribution in [2.75, 3.05) is 29.9 Å². The molecular formula is C19H23FN6. The van der Waals surface area contributed by atoms with E-state index >= 15 is 0 Å². The van der Waals surface area contributed by atoms with Crippen molar-refractivity contribution in [1.82, 2.24) is 15.3 Å². The molecule has 6 nitrogen and oxygen atoms in total. The number of nitrogens with one attached hydrogen (secondary N) is 2. The number of halogens is 1. The topological polar surface area (TPSA) is 65.4 Å². The molecule has 1 saturated heterocycles. The Kier molecular flexibility index (Phi) is 4.79. The maximum atomic E-state index is 14.2. The Balaban J connectivity index is 1.53. The molecule has 1 aromatic heterocycles. The number of anilines is 3. The molecule has 0 spiro atoms. The van der Waals surface area contributed by atoms with Gasteiger partial charge in [-0.15, -0.1) is 0 Å². The summed E-state index contributed by atoms with van der Waals surface area (Å²) in [6.07, 6.45) is 5.22. The van der Waals surface area contributed by atoms with Crippen LogP contribution in [0.15, 0.2) is 29.4 Å². The van der Waals surface area contributed by atoms with E-state index in [9.17, 15) is 4.39 Å². The van der Waals surface area contributed by atoms with Crippen molar-refractivity contribution >= 4 is 23.7 Å². The van der Waals surface area contributed by atoms with E-state index in [1.54, 1.807) is 0 Å². The summed E-state index contributed by atoms with van der Waals surface area (Å²) < 4.78 is 14.2. The van der Waals surface area contributed by atoms with Gasteiger partial charge >= 0.3 is 0 Å². The molecule has 0 radical (unpaired) electrons. The van der Waals surface area contributed by atoms with E-state index in [0.29, 0.717) is 18.5 Å². The molecule has 3 heterocycles. The molecule has 26 heavy (non-hydrogen) atoms. The van der Waals surface area contributed by atoms with Crippen molar-refractivity contribution in [1.29, 1.82) is 0 Å². The van der Waals surface area contributed by atoms with Crippen LogP contribution >= 0.6 is 0 Å². The summed E-state index contributed by atoms with van der Waals surface area (Å²) in [5.41, 5.74) is 3.04. The SMILES string of the molecule is CCC1CCN(c2ncc(F)c(Nc3ccc4c(c3)C=NC4)n2)CCN1. The third-order valence-corrected chi connectivity index (χ3v) is 4.97. The molecule has 7 heteroatoms. The van der Waals surface area contributed by atoms with Crippen molar-refractivity contribution in [3.05, 3.63) is 41.3 Å². The van der Waals surface area contributed by atoms with Crippen molar-refractivity contribution < 1.29 is 4.39 Å². The van der Waals surface area contributed by atoms with Crippen LogP contribution in [-0.2, 0) is 6.54 Å². The summed E-state index contributed by atoms with van der Waals surface area (Å²) in [6.45, 7) is 5.46. The lowest BCUT2D eigenvalue weighted by Gasteiger charge is -2.20. The first-order valence-electron chi connectivity index (χ1n) is 9.13. The van der Waals surface area contributed by atoms with Crippen LogP contribution in [0.4, 0.5) is 21.8 Å². The number of rotatable bonds is 4. The van der Waals surface area contributed by atoms with E-state index in [1.807, 2.05) is 24.4 Å². The lowest BCUT2D eigenvalue weighted by atomic mass is 10.1. The summed E-state index contributed by atoms with van der Waals surface area (Å²) in [5, 5.41) is 6.61. The van der Waals surface area contributed by atoms with E-state index in [1.165, 1.54) is 11.8 Å². The lowest BCUT2D eigenvalue weighted by molar-refractivity contribution is 0.509. The molecule has 2 aliphatic heterocycles. The van der Waals surface area contributed by atoms with Crippen LogP contribution in [0.1, 0.15) is 30.9 Å². The molecule has 1 atom stereocenters. The maximum Gasteiger partial charge on any atom is 0.227 e. The summed E-state index contributed by atoms with van der Waals surface area (Å²) >= 11 is 0. The molecular weight excluding hydrogens is 331 g/mol. The van der Waals surface area contributed by atoms with Crippen LogP contribution in [-0.4, -0.2) is 41.9 Å². The minimum absolute atomic E-state index is 0.203. The van der Waals surface area contributed by atoms with Gasteiger partial charge in [-0.3, -0.25) is 4.99 Å². The Morgan fingerprint density at radius 2 is 2.27 bits per heavy atom. The zero-order chi connectivity index (χ0) is 17.9. The van der Waals surface area contributed by atoms with Gasteiger partial charge in [-0.2, -0.15) is 4.98 Å². The largest absolute Gasteiger partial charge is 0.339 e. The molecule has 1 fully saturated rings. The highest BCUT2D eigenvalue weighted by Gasteiger charge is 2.19. The lowest BCUT2D eigenvalue weighted by Crippen LogP contribution is -2.30. The first-order valence-corrected chi connectivity index (χ1v) is 9.13. The van der Waals surface area contributed by atoms with E-state index in [4.69, 9.17) is 0 Å². The highest BCUT2D eigenvalue weighted by molar-refractivity contribution is 5.86. The highest BCUT2D eigenvalue weighted by atomic mass is 19.1. The molecule has 2 aliphatic rings. The van der Waals surface area contributed by atoms with Crippen LogP contribution < -0.4 is 15.5 Å². The van der Waals surface area contributed by atoms with Crippen LogP contribution in [0.5, 0.6) is 0 Å². The van der Waals surface area contributed by atoms with E-state index in [-0.39, 0.29) is 5.82 Å². The fourth-order valence-electron chi connectivity index (χ4n) is 3.39. The summed E-state index contributed by atoms with van der Waals surface area (Å²) in [7, 11) is 0. The van der Waals surface area contributed by atoms with Crippen LogP contribution in [0.25, 0.3) is 0 Å². The molecule has 136 valence electrons. The fraction of sp³-hybridized carbons (Fsp3) is 0.421. The number of benzene rings is 1. The molecule has 0 bridgehead atoms. The van der Waals surface area contributed by atoms with Gasteiger partial charge in [-0.1, -0.05) is 13.0 Å². The van der Waals surface area contributed by atoms with Crippen molar-refractivity contribution in [3.8, 4) is 0 Å². The molecule has 1 unspecified atom stereocenters. The van der Waals surface area contributed by atoms with Gasteiger partial charge in [-0.05, 0) is 36.1 Å². The second-order valence-electron chi connectivity index (χ2n) is 6.71. The average Bonchev–Trinajstić information content (AvgIpc) is 2.99. The van der Waals surface area contributed by atoms with E-state index in [0.717, 1.165) is 43.7 Å². The normalized spacial score (nSPS) is 19.3. The first-order chi connectivity index (χ1) is 12.7. The second-order valence-corrected chi connectivity index (χ2v) is 6.71. The summed E-state index contributed by atoms with van der Waals surface area (Å²) in [4.78, 5) is 15.0. The molecule has 2 N–H and O–H groups in total. The average molecular weight is 354 g/mol. The maximum absolute atomic E-state index is 14.2. The van der Waals surface area contributed by atoms with E-state index in [2.05, 4.69) is 37.4 Å².